The molecule has 0 spiro atoms. The first-order valence-electron chi connectivity index (χ1n) is 4.70. The van der Waals surface area contributed by atoms with Crippen molar-refractivity contribution in [3.8, 4) is 0 Å². The van der Waals surface area contributed by atoms with Crippen molar-refractivity contribution >= 4 is 17.7 Å². The molecule has 4 nitrogen and oxygen atoms in total. The molecule has 2 aromatic rings. The maximum Gasteiger partial charge on any atom is 0.336 e. The van der Waals surface area contributed by atoms with Gasteiger partial charge in [-0.2, -0.15) is 5.10 Å². The Morgan fingerprint density at radius 1 is 1.38 bits per heavy atom. The molecule has 0 amide bonds. The first-order valence-corrected chi connectivity index (χ1v) is 5.68. The van der Waals surface area contributed by atoms with Crippen molar-refractivity contribution in [3.05, 3.63) is 48.3 Å². The summed E-state index contributed by atoms with van der Waals surface area (Å²) in [7, 11) is 0. The second-order valence-electron chi connectivity index (χ2n) is 3.12. The van der Waals surface area contributed by atoms with Crippen LogP contribution in [0.5, 0.6) is 0 Å². The van der Waals surface area contributed by atoms with Crippen LogP contribution < -0.4 is 0 Å². The summed E-state index contributed by atoms with van der Waals surface area (Å²) in [6, 6.07) is 8.80. The molecule has 1 aromatic carbocycles. The molecule has 0 bridgehead atoms. The standard InChI is InChI=1S/C11H10N2O2S/c14-11(15)9-4-1-2-5-10(9)16-8-13-7-3-6-12-13/h1-7H,8H2,(H,14,15). The molecule has 0 aliphatic heterocycles. The molecule has 1 heterocycles. The second-order valence-corrected chi connectivity index (χ2v) is 4.11. The number of hydrogen-bond acceptors (Lipinski definition) is 3. The van der Waals surface area contributed by atoms with Crippen LogP contribution in [0, 0.1) is 0 Å². The van der Waals surface area contributed by atoms with Gasteiger partial charge in [-0.1, -0.05) is 12.1 Å². The smallest absolute Gasteiger partial charge is 0.336 e. The molecule has 5 heteroatoms. The van der Waals surface area contributed by atoms with Gasteiger partial charge in [0.1, 0.15) is 0 Å². The number of rotatable bonds is 4. The molecule has 0 radical (unpaired) electrons. The van der Waals surface area contributed by atoms with Crippen molar-refractivity contribution in [3.63, 3.8) is 0 Å². The Morgan fingerprint density at radius 2 is 2.19 bits per heavy atom. The number of carboxylic acid groups (broad SMARTS) is 1. The van der Waals surface area contributed by atoms with Gasteiger partial charge in [-0.25, -0.2) is 4.79 Å². The molecule has 0 aliphatic carbocycles. The largest absolute Gasteiger partial charge is 0.478 e. The average Bonchev–Trinajstić information content (AvgIpc) is 2.79. The van der Waals surface area contributed by atoms with Crippen molar-refractivity contribution in [2.24, 2.45) is 0 Å². The lowest BCUT2D eigenvalue weighted by Gasteiger charge is -2.05. The van der Waals surface area contributed by atoms with Gasteiger partial charge in [0.15, 0.2) is 0 Å². The molecular formula is C11H10N2O2S. The van der Waals surface area contributed by atoms with Gasteiger partial charge in [0, 0.05) is 17.3 Å². The normalized spacial score (nSPS) is 10.2. The van der Waals surface area contributed by atoms with Crippen LogP contribution in [0.1, 0.15) is 10.4 Å². The highest BCUT2D eigenvalue weighted by atomic mass is 32.2. The van der Waals surface area contributed by atoms with Crippen molar-refractivity contribution in [1.82, 2.24) is 9.78 Å². The predicted molar refractivity (Wildman–Crippen MR) is 61.5 cm³/mol. The van der Waals surface area contributed by atoms with Gasteiger partial charge in [-0.05, 0) is 18.2 Å². The third kappa shape index (κ3) is 2.43. The number of carboxylic acids is 1. The number of benzene rings is 1. The van der Waals surface area contributed by atoms with Crippen LogP contribution >= 0.6 is 11.8 Å². The maximum atomic E-state index is 10.9. The van der Waals surface area contributed by atoms with Gasteiger partial charge >= 0.3 is 5.97 Å². The van der Waals surface area contributed by atoms with E-state index in [1.807, 2.05) is 18.3 Å². The monoisotopic (exact) mass is 234 g/mol. The lowest BCUT2D eigenvalue weighted by Crippen LogP contribution is -2.00. The summed E-state index contributed by atoms with van der Waals surface area (Å²) in [6.07, 6.45) is 3.54. The molecule has 0 unspecified atom stereocenters. The number of carbonyl (C=O) groups is 1. The zero-order valence-corrected chi connectivity index (χ0v) is 9.22. The zero-order chi connectivity index (χ0) is 11.4. The summed E-state index contributed by atoms with van der Waals surface area (Å²) in [5.74, 6) is -0.291. The molecule has 16 heavy (non-hydrogen) atoms. The number of aromatic nitrogens is 2. The van der Waals surface area contributed by atoms with Gasteiger partial charge in [-0.15, -0.1) is 11.8 Å². The Labute approximate surface area is 96.9 Å². The average molecular weight is 234 g/mol. The van der Waals surface area contributed by atoms with Crippen LogP contribution in [0.4, 0.5) is 0 Å². The minimum atomic E-state index is -0.899. The fourth-order valence-corrected chi connectivity index (χ4v) is 2.19. The molecule has 0 saturated carbocycles. The summed E-state index contributed by atoms with van der Waals surface area (Å²) in [5.41, 5.74) is 0.333. The van der Waals surface area contributed by atoms with E-state index in [1.165, 1.54) is 11.8 Å². The van der Waals surface area contributed by atoms with Crippen LogP contribution in [-0.4, -0.2) is 20.9 Å². The van der Waals surface area contributed by atoms with E-state index >= 15 is 0 Å². The van der Waals surface area contributed by atoms with E-state index in [0.717, 1.165) is 4.90 Å². The summed E-state index contributed by atoms with van der Waals surface area (Å²) in [6.45, 7) is 0. The van der Waals surface area contributed by atoms with Gasteiger partial charge in [0.2, 0.25) is 0 Å². The third-order valence-corrected chi connectivity index (χ3v) is 3.09. The number of thioether (sulfide) groups is 1. The van der Waals surface area contributed by atoms with E-state index < -0.39 is 5.97 Å². The van der Waals surface area contributed by atoms with E-state index in [9.17, 15) is 4.79 Å². The number of aromatic carboxylic acids is 1. The Hall–Kier alpha value is -1.75. The molecule has 0 aliphatic rings. The molecule has 1 N–H and O–H groups in total. The van der Waals surface area contributed by atoms with E-state index in [-0.39, 0.29) is 0 Å². The second kappa shape index (κ2) is 4.85. The van der Waals surface area contributed by atoms with Crippen LogP contribution in [0.3, 0.4) is 0 Å². The van der Waals surface area contributed by atoms with E-state index in [4.69, 9.17) is 5.11 Å². The summed E-state index contributed by atoms with van der Waals surface area (Å²) in [5, 5.41) is 13.0. The van der Waals surface area contributed by atoms with Crippen molar-refractivity contribution in [2.45, 2.75) is 10.8 Å². The lowest BCUT2D eigenvalue weighted by molar-refractivity contribution is 0.0693. The lowest BCUT2D eigenvalue weighted by atomic mass is 10.2. The highest BCUT2D eigenvalue weighted by Crippen LogP contribution is 2.23. The zero-order valence-electron chi connectivity index (χ0n) is 8.41. The highest BCUT2D eigenvalue weighted by molar-refractivity contribution is 7.98. The van der Waals surface area contributed by atoms with Crippen LogP contribution in [0.2, 0.25) is 0 Å². The minimum absolute atomic E-state index is 0.333. The van der Waals surface area contributed by atoms with Crippen LogP contribution in [0.15, 0.2) is 47.6 Å². The molecular weight excluding hydrogens is 224 g/mol. The van der Waals surface area contributed by atoms with E-state index in [0.29, 0.717) is 11.4 Å². The Bertz CT molecular complexity index is 482. The van der Waals surface area contributed by atoms with Gasteiger partial charge in [0.05, 0.1) is 11.4 Å². The quantitative estimate of drug-likeness (QED) is 0.825. The summed E-state index contributed by atoms with van der Waals surface area (Å²) < 4.78 is 1.75. The fraction of sp³-hybridized carbons (Fsp3) is 0.0909. The molecule has 1 aromatic heterocycles. The van der Waals surface area contributed by atoms with Gasteiger partial charge < -0.3 is 5.11 Å². The Kier molecular flexibility index (Phi) is 3.26. The van der Waals surface area contributed by atoms with Crippen LogP contribution in [0.25, 0.3) is 0 Å². The molecule has 0 fully saturated rings. The summed E-state index contributed by atoms with van der Waals surface area (Å²) in [4.78, 5) is 11.7. The van der Waals surface area contributed by atoms with Gasteiger partial charge in [-0.3, -0.25) is 4.68 Å². The first-order chi connectivity index (χ1) is 7.77. The van der Waals surface area contributed by atoms with Gasteiger partial charge in [0.25, 0.3) is 0 Å². The summed E-state index contributed by atoms with van der Waals surface area (Å²) >= 11 is 1.45. The third-order valence-electron chi connectivity index (χ3n) is 2.03. The fourth-order valence-electron chi connectivity index (χ4n) is 1.28. The highest BCUT2D eigenvalue weighted by Gasteiger charge is 2.08. The Morgan fingerprint density at radius 3 is 2.88 bits per heavy atom. The van der Waals surface area contributed by atoms with Crippen molar-refractivity contribution < 1.29 is 9.90 Å². The Balaban J connectivity index is 2.12. The number of hydrogen-bond donors (Lipinski definition) is 1. The topological polar surface area (TPSA) is 55.1 Å². The predicted octanol–water partition coefficient (Wildman–Crippen LogP) is 2.33. The molecule has 82 valence electrons. The SMILES string of the molecule is O=C(O)c1ccccc1SCn1cccn1. The van der Waals surface area contributed by atoms with E-state index in [1.54, 1.807) is 29.1 Å². The van der Waals surface area contributed by atoms with Crippen molar-refractivity contribution in [2.75, 3.05) is 0 Å². The van der Waals surface area contributed by atoms with Crippen LogP contribution in [-0.2, 0) is 5.88 Å². The molecule has 0 saturated heterocycles. The van der Waals surface area contributed by atoms with E-state index in [2.05, 4.69) is 5.10 Å². The minimum Gasteiger partial charge on any atom is -0.478 e. The molecule has 2 rings (SSSR count). The maximum absolute atomic E-state index is 10.9. The molecule has 0 atom stereocenters. The number of nitrogens with zero attached hydrogens (tertiary/aromatic N) is 2. The van der Waals surface area contributed by atoms with Crippen molar-refractivity contribution in [1.29, 1.82) is 0 Å². The first kappa shape index (κ1) is 10.8.